The van der Waals surface area contributed by atoms with Crippen LogP contribution in [0.5, 0.6) is 5.75 Å². The standard InChI is InChI=1S/C25H21BF2N3O4S/c1-26-35-24-18(32)8-9-30-23(24)25(33)29-10-11-34-12-20(29)31(30)22-14-6-7-17(27)21(28)16(14)13-36-19-5-3-2-4-15(19)22/h2-9,20,22H,10-13H2,1H3/t20-,22+/m1/s1. The first-order valence-electron chi connectivity index (χ1n) is 11.6. The van der Waals surface area contributed by atoms with E-state index in [1.807, 2.05) is 29.3 Å². The molecule has 11 heteroatoms. The fraction of sp³-hybridized carbons (Fsp3) is 0.280. The van der Waals surface area contributed by atoms with Gasteiger partial charge in [0.1, 0.15) is 6.17 Å². The first kappa shape index (κ1) is 23.1. The molecule has 7 nitrogen and oxygen atoms in total. The number of carbonyl (C=O) groups is 1. The summed E-state index contributed by atoms with van der Waals surface area (Å²) in [7, 11) is 1.35. The van der Waals surface area contributed by atoms with Gasteiger partial charge in [0.05, 0.1) is 19.3 Å². The van der Waals surface area contributed by atoms with Gasteiger partial charge in [-0.3, -0.25) is 19.3 Å². The van der Waals surface area contributed by atoms with Crippen molar-refractivity contribution in [1.82, 2.24) is 9.58 Å². The van der Waals surface area contributed by atoms with E-state index in [2.05, 4.69) is 0 Å². The molecule has 3 aliphatic rings. The molecule has 183 valence electrons. The van der Waals surface area contributed by atoms with Crippen LogP contribution in [0.2, 0.25) is 6.82 Å². The average Bonchev–Trinajstić information content (AvgIpc) is 3.06. The predicted octanol–water partition coefficient (Wildman–Crippen LogP) is 3.32. The molecular formula is C25H21BF2N3O4S. The molecule has 1 radical (unpaired) electrons. The first-order chi connectivity index (χ1) is 17.5. The van der Waals surface area contributed by atoms with Crippen LogP contribution in [0.15, 0.2) is 58.4 Å². The van der Waals surface area contributed by atoms with Gasteiger partial charge in [-0.2, -0.15) is 0 Å². The number of halogens is 2. The predicted molar refractivity (Wildman–Crippen MR) is 131 cm³/mol. The van der Waals surface area contributed by atoms with E-state index in [-0.39, 0.29) is 35.3 Å². The lowest BCUT2D eigenvalue weighted by molar-refractivity contribution is -0.0196. The summed E-state index contributed by atoms with van der Waals surface area (Å²) < 4.78 is 42.5. The number of rotatable bonds is 3. The summed E-state index contributed by atoms with van der Waals surface area (Å²) in [5.41, 5.74) is 1.38. The minimum atomic E-state index is -0.909. The van der Waals surface area contributed by atoms with Crippen LogP contribution in [-0.2, 0) is 10.5 Å². The van der Waals surface area contributed by atoms with Crippen LogP contribution < -0.4 is 15.1 Å². The van der Waals surface area contributed by atoms with Gasteiger partial charge >= 0.3 is 7.48 Å². The van der Waals surface area contributed by atoms with Gasteiger partial charge < -0.3 is 14.3 Å². The second-order valence-corrected chi connectivity index (χ2v) is 9.67. The van der Waals surface area contributed by atoms with Crippen molar-refractivity contribution in [3.63, 3.8) is 0 Å². The molecule has 1 saturated heterocycles. The summed E-state index contributed by atoms with van der Waals surface area (Å²) in [6.07, 6.45) is 0.978. The molecule has 6 rings (SSSR count). The van der Waals surface area contributed by atoms with Crippen LogP contribution in [0.3, 0.4) is 0 Å². The lowest BCUT2D eigenvalue weighted by Crippen LogP contribution is -2.66. The highest BCUT2D eigenvalue weighted by molar-refractivity contribution is 7.98. The van der Waals surface area contributed by atoms with Crippen molar-refractivity contribution in [1.29, 1.82) is 0 Å². The zero-order chi connectivity index (χ0) is 25.0. The Morgan fingerprint density at radius 1 is 1.11 bits per heavy atom. The molecule has 1 aromatic heterocycles. The molecule has 0 spiro atoms. The Morgan fingerprint density at radius 3 is 2.78 bits per heavy atom. The van der Waals surface area contributed by atoms with Crippen molar-refractivity contribution in [2.24, 2.45) is 0 Å². The summed E-state index contributed by atoms with van der Waals surface area (Å²) in [6, 6.07) is 11.2. The molecule has 2 aromatic carbocycles. The second-order valence-electron chi connectivity index (χ2n) is 8.65. The number of hydrogen-bond acceptors (Lipinski definition) is 6. The zero-order valence-corrected chi connectivity index (χ0v) is 20.1. The largest absolute Gasteiger partial charge is 0.559 e. The smallest absolute Gasteiger partial charge is 0.366 e. The fourth-order valence-corrected chi connectivity index (χ4v) is 6.32. The Hall–Kier alpha value is -3.31. The van der Waals surface area contributed by atoms with Crippen molar-refractivity contribution in [2.45, 2.75) is 29.7 Å². The van der Waals surface area contributed by atoms with Gasteiger partial charge in [-0.05, 0) is 23.3 Å². The summed E-state index contributed by atoms with van der Waals surface area (Å²) in [5, 5.41) is 1.92. The third-order valence-electron chi connectivity index (χ3n) is 6.77. The maximum absolute atomic E-state index is 15.2. The van der Waals surface area contributed by atoms with E-state index >= 15 is 4.39 Å². The van der Waals surface area contributed by atoms with Gasteiger partial charge in [0.2, 0.25) is 5.43 Å². The number of amides is 1. The van der Waals surface area contributed by atoms with E-state index in [1.165, 1.54) is 31.5 Å². The molecule has 0 bridgehead atoms. The highest BCUT2D eigenvalue weighted by Crippen LogP contribution is 2.45. The normalized spacial score (nSPS) is 20.6. The van der Waals surface area contributed by atoms with E-state index in [9.17, 15) is 14.0 Å². The molecular weight excluding hydrogens is 487 g/mol. The average molecular weight is 508 g/mol. The number of nitrogens with zero attached hydrogens (tertiary/aromatic N) is 3. The van der Waals surface area contributed by atoms with Crippen LogP contribution in [0.1, 0.15) is 33.2 Å². The Balaban J connectivity index is 1.67. The van der Waals surface area contributed by atoms with Crippen LogP contribution in [0.25, 0.3) is 0 Å². The molecule has 1 fully saturated rings. The molecule has 0 aliphatic carbocycles. The number of benzene rings is 2. The van der Waals surface area contributed by atoms with Gasteiger partial charge in [-0.15, -0.1) is 11.8 Å². The molecule has 0 saturated carbocycles. The number of morpholine rings is 1. The fourth-order valence-electron chi connectivity index (χ4n) is 5.20. The SMILES string of the molecule is C[B]Oc1c2n(ccc1=O)N([C@@H]1c3ccccc3SCc3c1ccc(F)c3F)[C@@H]1COCCN1C2=O. The van der Waals surface area contributed by atoms with E-state index in [0.29, 0.717) is 18.7 Å². The van der Waals surface area contributed by atoms with Crippen molar-refractivity contribution < 1.29 is 23.0 Å². The second kappa shape index (κ2) is 8.97. The molecule has 0 unspecified atom stereocenters. The molecule has 36 heavy (non-hydrogen) atoms. The van der Waals surface area contributed by atoms with Crippen molar-refractivity contribution in [2.75, 3.05) is 24.8 Å². The minimum Gasteiger partial charge on any atom is -0.559 e. The highest BCUT2D eigenvalue weighted by Gasteiger charge is 2.46. The topological polar surface area (TPSA) is 64.0 Å². The third kappa shape index (κ3) is 3.44. The Bertz CT molecular complexity index is 1430. The Kier molecular flexibility index (Phi) is 5.76. The number of fused-ring (bicyclic) bond motifs is 4. The number of pyridine rings is 1. The van der Waals surface area contributed by atoms with Gasteiger partial charge in [0.15, 0.2) is 23.1 Å². The van der Waals surface area contributed by atoms with Gasteiger partial charge in [-0.25, -0.2) is 8.78 Å². The van der Waals surface area contributed by atoms with Crippen LogP contribution in [-0.4, -0.2) is 48.9 Å². The summed E-state index contributed by atoms with van der Waals surface area (Å²) in [4.78, 5) is 29.0. The number of thioether (sulfide) groups is 1. The monoisotopic (exact) mass is 508 g/mol. The van der Waals surface area contributed by atoms with Gasteiger partial charge in [0.25, 0.3) is 5.91 Å². The van der Waals surface area contributed by atoms with Gasteiger partial charge in [0, 0.05) is 35.0 Å². The third-order valence-corrected chi connectivity index (χ3v) is 7.88. The van der Waals surface area contributed by atoms with Crippen molar-refractivity contribution in [3.8, 4) is 5.75 Å². The minimum absolute atomic E-state index is 0.0808. The number of ether oxygens (including phenoxy) is 1. The molecule has 0 N–H and O–H groups in total. The number of carbonyl (C=O) groups excluding carboxylic acids is 1. The molecule has 3 aliphatic heterocycles. The summed E-state index contributed by atoms with van der Waals surface area (Å²) in [5.74, 6) is -1.97. The maximum atomic E-state index is 15.2. The van der Waals surface area contributed by atoms with Crippen LogP contribution in [0.4, 0.5) is 8.78 Å². The first-order valence-corrected chi connectivity index (χ1v) is 12.6. The van der Waals surface area contributed by atoms with Crippen molar-refractivity contribution >= 4 is 25.2 Å². The lowest BCUT2D eigenvalue weighted by Gasteiger charge is -2.51. The Labute approximate surface area is 210 Å². The van der Waals surface area contributed by atoms with E-state index in [0.717, 1.165) is 16.5 Å². The van der Waals surface area contributed by atoms with E-state index in [4.69, 9.17) is 9.39 Å². The Morgan fingerprint density at radius 2 is 1.94 bits per heavy atom. The van der Waals surface area contributed by atoms with Crippen LogP contribution in [0, 0.1) is 11.6 Å². The quantitative estimate of drug-likeness (QED) is 0.506. The zero-order valence-electron chi connectivity index (χ0n) is 19.3. The highest BCUT2D eigenvalue weighted by atomic mass is 32.2. The van der Waals surface area contributed by atoms with Crippen LogP contribution >= 0.6 is 11.8 Å². The summed E-state index contributed by atoms with van der Waals surface area (Å²) in [6.45, 7) is 2.49. The number of hydrogen-bond donors (Lipinski definition) is 0. The molecule has 3 aromatic rings. The van der Waals surface area contributed by atoms with Gasteiger partial charge in [-0.1, -0.05) is 31.1 Å². The molecule has 4 heterocycles. The molecule has 1 amide bonds. The van der Waals surface area contributed by atoms with Crippen molar-refractivity contribution in [3.05, 3.63) is 92.9 Å². The number of aromatic nitrogens is 1. The lowest BCUT2D eigenvalue weighted by atomic mass is 9.93. The summed E-state index contributed by atoms with van der Waals surface area (Å²) >= 11 is 1.43. The maximum Gasteiger partial charge on any atom is 0.366 e. The van der Waals surface area contributed by atoms with E-state index < -0.39 is 29.3 Å². The molecule has 2 atom stereocenters. The van der Waals surface area contributed by atoms with E-state index in [1.54, 1.807) is 22.5 Å².